The van der Waals surface area contributed by atoms with Crippen LogP contribution in [0.25, 0.3) is 0 Å². The van der Waals surface area contributed by atoms with Gasteiger partial charge in [0.05, 0.1) is 6.61 Å². The average Bonchev–Trinajstić information content (AvgIpc) is 2.91. The van der Waals surface area contributed by atoms with Crippen LogP contribution >= 0.6 is 0 Å². The molecule has 1 aromatic heterocycles. The third-order valence-corrected chi connectivity index (χ3v) is 3.98. The molecule has 0 amide bonds. The van der Waals surface area contributed by atoms with Gasteiger partial charge in [0.1, 0.15) is 18.3 Å². The molecule has 2 saturated heterocycles. The van der Waals surface area contributed by atoms with Crippen molar-refractivity contribution in [3.05, 3.63) is 32.6 Å². The van der Waals surface area contributed by atoms with Crippen molar-refractivity contribution in [3.63, 3.8) is 0 Å². The minimum absolute atomic E-state index is 0.239. The zero-order chi connectivity index (χ0) is 16.1. The van der Waals surface area contributed by atoms with Crippen molar-refractivity contribution in [1.29, 1.82) is 0 Å². The molecule has 1 aromatic rings. The maximum atomic E-state index is 12.2. The number of nitrogens with one attached hydrogen (secondary N) is 1. The molecule has 2 N–H and O–H groups in total. The maximum Gasteiger partial charge on any atom is 0.330 e. The Balaban J connectivity index is 2.06. The van der Waals surface area contributed by atoms with Gasteiger partial charge in [0, 0.05) is 11.8 Å². The molecule has 8 nitrogen and oxygen atoms in total. The Morgan fingerprint density at radius 2 is 2.00 bits per heavy atom. The average molecular weight is 312 g/mol. The number of hydrogen-bond donors (Lipinski definition) is 2. The number of aromatic nitrogens is 2. The predicted molar refractivity (Wildman–Crippen MR) is 75.5 cm³/mol. The van der Waals surface area contributed by atoms with Gasteiger partial charge in [-0.05, 0) is 20.3 Å². The van der Waals surface area contributed by atoms with Crippen molar-refractivity contribution < 1.29 is 19.3 Å². The Kier molecular flexibility index (Phi) is 3.72. The van der Waals surface area contributed by atoms with Gasteiger partial charge in [-0.1, -0.05) is 6.92 Å². The van der Waals surface area contributed by atoms with Crippen LogP contribution < -0.4 is 11.2 Å². The number of hydrogen-bond acceptors (Lipinski definition) is 6. The lowest BCUT2D eigenvalue weighted by atomic mass is 10.1. The highest BCUT2D eigenvalue weighted by Gasteiger charge is 2.56. The molecule has 0 saturated carbocycles. The molecule has 0 bridgehead atoms. The first-order chi connectivity index (χ1) is 10.4. The van der Waals surface area contributed by atoms with Crippen LogP contribution in [-0.2, 0) is 20.6 Å². The molecule has 0 spiro atoms. The minimum Gasteiger partial charge on any atom is -0.394 e. The zero-order valence-corrected chi connectivity index (χ0v) is 12.7. The highest BCUT2D eigenvalue weighted by Crippen LogP contribution is 2.42. The summed E-state index contributed by atoms with van der Waals surface area (Å²) >= 11 is 0. The summed E-state index contributed by atoms with van der Waals surface area (Å²) in [5, 5.41) is 9.48. The summed E-state index contributed by atoms with van der Waals surface area (Å²) in [5.41, 5.74) is -0.459. The standard InChI is InChI=1S/C14H20N2O6/c1-4-7-5-9(18)15-13(19)16(7)12-11-10(8(6-17)20-12)21-14(2,3)22-11/h5,8,10-12,17H,4,6H2,1-3H3,(H,15,18,19)/t8-,10-,11-,12-/m1/s1. The van der Waals surface area contributed by atoms with E-state index in [1.54, 1.807) is 13.8 Å². The maximum absolute atomic E-state index is 12.2. The normalized spacial score (nSPS) is 33.1. The molecule has 0 aromatic carbocycles. The van der Waals surface area contributed by atoms with Gasteiger partial charge in [-0.15, -0.1) is 0 Å². The Labute approximate surface area is 126 Å². The van der Waals surface area contributed by atoms with Gasteiger partial charge in [-0.3, -0.25) is 14.3 Å². The molecule has 3 heterocycles. The molecular weight excluding hydrogens is 292 g/mol. The Bertz CT molecular complexity index is 679. The summed E-state index contributed by atoms with van der Waals surface area (Å²) < 4.78 is 18.8. The number of aromatic amines is 1. The van der Waals surface area contributed by atoms with Gasteiger partial charge < -0.3 is 19.3 Å². The van der Waals surface area contributed by atoms with Crippen LogP contribution in [0, 0.1) is 0 Å². The van der Waals surface area contributed by atoms with Gasteiger partial charge in [0.2, 0.25) is 0 Å². The van der Waals surface area contributed by atoms with E-state index >= 15 is 0 Å². The lowest BCUT2D eigenvalue weighted by Crippen LogP contribution is -2.39. The van der Waals surface area contributed by atoms with Crippen LogP contribution in [0.15, 0.2) is 15.7 Å². The van der Waals surface area contributed by atoms with E-state index in [4.69, 9.17) is 14.2 Å². The highest BCUT2D eigenvalue weighted by molar-refractivity contribution is 5.06. The van der Waals surface area contributed by atoms with E-state index in [0.717, 1.165) is 0 Å². The largest absolute Gasteiger partial charge is 0.394 e. The first kappa shape index (κ1) is 15.4. The van der Waals surface area contributed by atoms with Crippen LogP contribution in [0.1, 0.15) is 32.7 Å². The van der Waals surface area contributed by atoms with Crippen LogP contribution in [0.5, 0.6) is 0 Å². The summed E-state index contributed by atoms with van der Waals surface area (Å²) in [6.45, 7) is 5.15. The summed E-state index contributed by atoms with van der Waals surface area (Å²) in [5.74, 6) is -0.817. The SMILES string of the molecule is CCc1cc(=O)[nH]c(=O)n1[C@@H]1O[C@H](CO)[C@H]2OC(C)(C)O[C@H]21. The van der Waals surface area contributed by atoms with E-state index in [2.05, 4.69) is 4.98 Å². The molecule has 22 heavy (non-hydrogen) atoms. The summed E-state index contributed by atoms with van der Waals surface area (Å²) in [6, 6.07) is 1.37. The molecule has 122 valence electrons. The number of aryl methyl sites for hydroxylation is 1. The van der Waals surface area contributed by atoms with Crippen molar-refractivity contribution in [3.8, 4) is 0 Å². The Morgan fingerprint density at radius 3 is 2.64 bits per heavy atom. The monoisotopic (exact) mass is 312 g/mol. The second-order valence-corrected chi connectivity index (χ2v) is 5.97. The van der Waals surface area contributed by atoms with E-state index in [1.165, 1.54) is 10.6 Å². The van der Waals surface area contributed by atoms with Crippen LogP contribution in [0.4, 0.5) is 0 Å². The number of rotatable bonds is 3. The molecule has 0 aliphatic carbocycles. The molecule has 2 aliphatic rings. The molecule has 3 rings (SSSR count). The minimum atomic E-state index is -0.817. The van der Waals surface area contributed by atoms with Crippen molar-refractivity contribution in [2.75, 3.05) is 6.61 Å². The molecule has 0 unspecified atom stereocenters. The lowest BCUT2D eigenvalue weighted by molar-refractivity contribution is -0.200. The molecule has 8 heteroatoms. The van der Waals surface area contributed by atoms with Crippen molar-refractivity contribution in [2.45, 2.75) is 57.5 Å². The van der Waals surface area contributed by atoms with Crippen LogP contribution in [0.2, 0.25) is 0 Å². The van der Waals surface area contributed by atoms with Crippen molar-refractivity contribution in [1.82, 2.24) is 9.55 Å². The third-order valence-electron chi connectivity index (χ3n) is 3.98. The number of ether oxygens (including phenoxy) is 3. The van der Waals surface area contributed by atoms with Crippen LogP contribution in [-0.4, -0.2) is 45.4 Å². The molecular formula is C14H20N2O6. The van der Waals surface area contributed by atoms with E-state index < -0.39 is 41.6 Å². The Morgan fingerprint density at radius 1 is 1.32 bits per heavy atom. The van der Waals surface area contributed by atoms with Crippen molar-refractivity contribution in [2.24, 2.45) is 0 Å². The third kappa shape index (κ3) is 2.41. The second-order valence-electron chi connectivity index (χ2n) is 5.97. The number of aliphatic hydroxyl groups excluding tert-OH is 1. The van der Waals surface area contributed by atoms with E-state index in [0.29, 0.717) is 12.1 Å². The van der Waals surface area contributed by atoms with E-state index in [9.17, 15) is 14.7 Å². The molecule has 2 aliphatic heterocycles. The topological polar surface area (TPSA) is 103 Å². The fourth-order valence-corrected chi connectivity index (χ4v) is 3.12. The summed E-state index contributed by atoms with van der Waals surface area (Å²) in [7, 11) is 0. The summed E-state index contributed by atoms with van der Waals surface area (Å²) in [6.07, 6.45) is -1.83. The molecule has 0 radical (unpaired) electrons. The number of nitrogens with zero attached hydrogens (tertiary/aromatic N) is 1. The number of fused-ring (bicyclic) bond motifs is 1. The summed E-state index contributed by atoms with van der Waals surface area (Å²) in [4.78, 5) is 25.9. The van der Waals surface area contributed by atoms with Gasteiger partial charge in [0.25, 0.3) is 5.56 Å². The van der Waals surface area contributed by atoms with Gasteiger partial charge in [-0.2, -0.15) is 0 Å². The predicted octanol–water partition coefficient (Wildman–Crippen LogP) is -0.491. The van der Waals surface area contributed by atoms with Crippen LogP contribution in [0.3, 0.4) is 0 Å². The number of aliphatic hydroxyl groups is 1. The molecule has 4 atom stereocenters. The molecule has 2 fully saturated rings. The Hall–Kier alpha value is -1.48. The second kappa shape index (κ2) is 5.31. The number of H-pyrrole nitrogens is 1. The van der Waals surface area contributed by atoms with Crippen molar-refractivity contribution >= 4 is 0 Å². The lowest BCUT2D eigenvalue weighted by Gasteiger charge is -2.25. The fraction of sp³-hybridized carbons (Fsp3) is 0.714. The smallest absolute Gasteiger partial charge is 0.330 e. The zero-order valence-electron chi connectivity index (χ0n) is 12.7. The first-order valence-electron chi connectivity index (χ1n) is 7.33. The fourth-order valence-electron chi connectivity index (χ4n) is 3.12. The van der Waals surface area contributed by atoms with Gasteiger partial charge in [-0.25, -0.2) is 4.79 Å². The quantitative estimate of drug-likeness (QED) is 0.780. The van der Waals surface area contributed by atoms with Gasteiger partial charge >= 0.3 is 5.69 Å². The first-order valence-corrected chi connectivity index (χ1v) is 7.33. The van der Waals surface area contributed by atoms with E-state index in [1.807, 2.05) is 6.92 Å². The van der Waals surface area contributed by atoms with Gasteiger partial charge in [0.15, 0.2) is 12.0 Å². The highest BCUT2D eigenvalue weighted by atomic mass is 16.8. The van der Waals surface area contributed by atoms with E-state index in [-0.39, 0.29) is 6.61 Å².